The van der Waals surface area contributed by atoms with Crippen molar-refractivity contribution in [3.05, 3.63) is 100 Å². The molecule has 5 aliphatic rings. The molecule has 0 bridgehead atoms. The van der Waals surface area contributed by atoms with Crippen LogP contribution in [0.5, 0.6) is 5.75 Å². The van der Waals surface area contributed by atoms with Crippen LogP contribution in [0.25, 0.3) is 10.4 Å². The molecule has 4 fully saturated rings. The minimum absolute atomic E-state index is 0.00477. The standard InChI is InChI=1S/C58H71F3N10O10S/c1-34-49(82-33-63-34)36-11-12-37(27-62-51(74)43-24-40(72)32-70(43)53(76)50(55(2,3)4)66-54(77)57(59)14-15-57)44(23-36)81-22-21-80-20-19-79-18-17-78-16-13-46(73)69-29-38(30-69)48(35-9-7-6-8-10-35)71-31-39(28-64-71)65-52(75)47-41-25-45-56(5,58(45,60)61)26-42(41)67-68-47/h6-12,23,28,31,33,38,40,43,45,48,50,72H,13-22,24-27,29-30,32H2,1-5H3,(H,62,74)(H,65,75)(H,66,77)(H,67,68)/t40-,43+,45+,48-,50?,56-/m1/s1. The summed E-state index contributed by atoms with van der Waals surface area (Å²) in [4.78, 5) is 75.4. The number of aryl methyl sites for hydroxylation is 1. The first-order chi connectivity index (χ1) is 39.1. The van der Waals surface area contributed by atoms with Crippen LogP contribution in [-0.2, 0) is 52.8 Å². The highest BCUT2D eigenvalue weighted by atomic mass is 32.1. The number of aromatic amines is 1. The number of alkyl halides is 3. The number of hydrogen-bond acceptors (Lipinski definition) is 14. The number of hydrogen-bond donors (Lipinski definition) is 5. The monoisotopic (exact) mass is 1160 g/mol. The third-order valence-electron chi connectivity index (χ3n) is 16.6. The van der Waals surface area contributed by atoms with Crippen molar-refractivity contribution in [3.63, 3.8) is 0 Å². The summed E-state index contributed by atoms with van der Waals surface area (Å²) in [7, 11) is 0. The van der Waals surface area contributed by atoms with Crippen molar-refractivity contribution in [3.8, 4) is 16.2 Å². The molecule has 0 radical (unpaired) electrons. The maximum Gasteiger partial charge on any atom is 0.276 e. The number of nitrogens with one attached hydrogen (secondary N) is 4. The molecule has 5 amide bonds. The molecule has 3 aliphatic carbocycles. The number of β-amino-alcohol motifs (C(OH)–C–C–N with tert-alkyl or cyclic N) is 1. The van der Waals surface area contributed by atoms with Crippen molar-refractivity contribution in [2.45, 2.75) is 116 Å². The Hall–Kier alpha value is -6.73. The van der Waals surface area contributed by atoms with Crippen molar-refractivity contribution in [2.24, 2.45) is 22.7 Å². The van der Waals surface area contributed by atoms with E-state index in [0.717, 1.165) is 21.7 Å². The number of aliphatic hydroxyl groups is 1. The van der Waals surface area contributed by atoms with Gasteiger partial charge < -0.3 is 49.8 Å². The predicted molar refractivity (Wildman–Crippen MR) is 295 cm³/mol. The van der Waals surface area contributed by atoms with Gasteiger partial charge in [0.15, 0.2) is 11.4 Å². The number of anilines is 1. The van der Waals surface area contributed by atoms with Crippen LogP contribution >= 0.6 is 11.3 Å². The van der Waals surface area contributed by atoms with Gasteiger partial charge in [0.25, 0.3) is 17.7 Å². The lowest BCUT2D eigenvalue weighted by Gasteiger charge is -2.43. The van der Waals surface area contributed by atoms with E-state index < -0.39 is 70.2 Å². The van der Waals surface area contributed by atoms with Crippen molar-refractivity contribution < 1.29 is 61.2 Å². The van der Waals surface area contributed by atoms with Gasteiger partial charge in [-0.05, 0) is 48.8 Å². The number of thiazole rings is 1. The van der Waals surface area contributed by atoms with Gasteiger partial charge in [-0.15, -0.1) is 11.3 Å². The molecule has 1 unspecified atom stereocenters. The number of fused-ring (bicyclic) bond motifs is 2. The molecule has 24 heteroatoms. The number of nitrogens with zero attached hydrogens (tertiary/aromatic N) is 6. The second kappa shape index (κ2) is 23.9. The number of likely N-dealkylation sites (tertiary alicyclic amines) is 2. The highest BCUT2D eigenvalue weighted by Crippen LogP contribution is 2.70. The molecule has 0 spiro atoms. The largest absolute Gasteiger partial charge is 0.491 e. The second-order valence-corrected chi connectivity index (χ2v) is 24.3. The fourth-order valence-corrected chi connectivity index (χ4v) is 12.2. The molecule has 2 saturated heterocycles. The summed E-state index contributed by atoms with van der Waals surface area (Å²) >= 11 is 1.49. The van der Waals surface area contributed by atoms with Crippen molar-refractivity contribution in [1.82, 2.24) is 45.4 Å². The zero-order valence-corrected chi connectivity index (χ0v) is 47.5. The Balaban J connectivity index is 0.627. The number of H-pyrrole nitrogens is 1. The van der Waals surface area contributed by atoms with E-state index in [1.165, 1.54) is 16.2 Å². The van der Waals surface area contributed by atoms with E-state index in [1.54, 1.807) is 55.2 Å². The third kappa shape index (κ3) is 12.5. The van der Waals surface area contributed by atoms with Crippen LogP contribution in [0.15, 0.2) is 66.4 Å². The van der Waals surface area contributed by atoms with Crippen LogP contribution in [-0.4, -0.2) is 165 Å². The van der Waals surface area contributed by atoms with E-state index in [9.17, 15) is 42.3 Å². The maximum absolute atomic E-state index is 14.7. The average molecular weight is 1160 g/mol. The molecule has 6 atom stereocenters. The van der Waals surface area contributed by atoms with Gasteiger partial charge in [0.05, 0.1) is 86.2 Å². The van der Waals surface area contributed by atoms with E-state index in [-0.39, 0.29) is 108 Å². The fourth-order valence-electron chi connectivity index (χ4n) is 11.4. The van der Waals surface area contributed by atoms with Gasteiger partial charge in [-0.3, -0.25) is 33.8 Å². The lowest BCUT2D eigenvalue weighted by Crippen LogP contribution is -2.59. The molecular weight excluding hydrogens is 1090 g/mol. The van der Waals surface area contributed by atoms with Gasteiger partial charge >= 0.3 is 0 Å². The van der Waals surface area contributed by atoms with Crippen molar-refractivity contribution in [1.29, 1.82) is 0 Å². The molecule has 5 heterocycles. The van der Waals surface area contributed by atoms with E-state index >= 15 is 0 Å². The highest BCUT2D eigenvalue weighted by Gasteiger charge is 2.78. The summed E-state index contributed by atoms with van der Waals surface area (Å²) < 4.78 is 68.9. The Kier molecular flexibility index (Phi) is 17.0. The molecule has 440 valence electrons. The van der Waals surface area contributed by atoms with Crippen LogP contribution in [0.1, 0.15) is 98.0 Å². The van der Waals surface area contributed by atoms with Gasteiger partial charge in [0, 0.05) is 79.3 Å². The molecular formula is C58H71F3N10O10S. The van der Waals surface area contributed by atoms with Crippen LogP contribution < -0.4 is 20.7 Å². The van der Waals surface area contributed by atoms with Gasteiger partial charge in [-0.1, -0.05) is 70.2 Å². The van der Waals surface area contributed by atoms with E-state index in [2.05, 4.69) is 36.2 Å². The number of amides is 5. The number of carbonyl (C=O) groups is 5. The Morgan fingerprint density at radius 3 is 2.33 bits per heavy atom. The molecule has 82 heavy (non-hydrogen) atoms. The minimum atomic E-state index is -2.77. The Morgan fingerprint density at radius 1 is 0.939 bits per heavy atom. The van der Waals surface area contributed by atoms with Gasteiger partial charge in [-0.2, -0.15) is 10.2 Å². The van der Waals surface area contributed by atoms with Gasteiger partial charge in [-0.25, -0.2) is 18.2 Å². The highest BCUT2D eigenvalue weighted by molar-refractivity contribution is 7.13. The summed E-state index contributed by atoms with van der Waals surface area (Å²) in [6.07, 6.45) is 2.92. The van der Waals surface area contributed by atoms with Crippen LogP contribution in [0.2, 0.25) is 0 Å². The number of rotatable bonds is 25. The number of carbonyl (C=O) groups excluding carboxylic acids is 5. The summed E-state index contributed by atoms with van der Waals surface area (Å²) in [6, 6.07) is 13.1. The van der Waals surface area contributed by atoms with Crippen LogP contribution in [0.3, 0.4) is 0 Å². The summed E-state index contributed by atoms with van der Waals surface area (Å²) in [5, 5.41) is 30.6. The first kappa shape index (κ1) is 58.5. The lowest BCUT2D eigenvalue weighted by atomic mass is 9.85. The number of halogens is 3. The van der Waals surface area contributed by atoms with Gasteiger partial charge in [0.1, 0.15) is 24.4 Å². The van der Waals surface area contributed by atoms with Crippen molar-refractivity contribution >= 4 is 46.6 Å². The normalized spacial score (nSPS) is 22.1. The molecule has 2 aromatic carbocycles. The Morgan fingerprint density at radius 2 is 1.65 bits per heavy atom. The average Bonchev–Trinajstić information content (AvgIpc) is 1.80. The predicted octanol–water partition coefficient (Wildman–Crippen LogP) is 5.84. The smallest absolute Gasteiger partial charge is 0.276 e. The zero-order valence-electron chi connectivity index (χ0n) is 46.7. The van der Waals surface area contributed by atoms with Crippen LogP contribution in [0.4, 0.5) is 18.9 Å². The number of aromatic nitrogens is 5. The maximum atomic E-state index is 14.7. The Labute approximate surface area is 477 Å². The van der Waals surface area contributed by atoms with Crippen molar-refractivity contribution in [2.75, 3.05) is 71.2 Å². The van der Waals surface area contributed by atoms with E-state index in [4.69, 9.17) is 18.9 Å². The summed E-state index contributed by atoms with van der Waals surface area (Å²) in [5.41, 5.74) is 2.91. The molecule has 2 saturated carbocycles. The zero-order chi connectivity index (χ0) is 58.1. The molecule has 2 aliphatic heterocycles. The SMILES string of the molecule is Cc1ncsc1-c1ccc(CNC(=O)[C@@H]2C[C@@H](O)CN2C(=O)C(NC(=O)C2(F)CC2)C(C)(C)C)c(OCCOCCOCCOCCC(=O)N2CC([C@@H](c3ccccc3)n3cc(NC(=O)c4n[nH]c5c4C[C@@H]4C(F)(F)[C@]4(C)C5)cn3)C2)c1. The van der Waals surface area contributed by atoms with Gasteiger partial charge in [0.2, 0.25) is 17.7 Å². The van der Waals surface area contributed by atoms with E-state index in [0.29, 0.717) is 54.6 Å². The van der Waals surface area contributed by atoms with E-state index in [1.807, 2.05) is 55.5 Å². The second-order valence-electron chi connectivity index (χ2n) is 23.5. The minimum Gasteiger partial charge on any atom is -0.491 e. The summed E-state index contributed by atoms with van der Waals surface area (Å²) in [5.74, 6) is -5.48. The number of ether oxygens (including phenoxy) is 4. The topological polar surface area (TPSA) is 244 Å². The quantitative estimate of drug-likeness (QED) is 0.0432. The first-order valence-electron chi connectivity index (χ1n) is 27.9. The lowest BCUT2D eigenvalue weighted by molar-refractivity contribution is -0.145. The number of benzene rings is 2. The Bertz CT molecular complexity index is 3140. The molecule has 10 rings (SSSR count). The molecule has 5 aromatic rings. The molecule has 20 nitrogen and oxygen atoms in total. The fraction of sp³-hybridized carbons (Fsp3) is 0.552. The molecule has 5 N–H and O–H groups in total. The molecule has 3 aromatic heterocycles. The van der Waals surface area contributed by atoms with Crippen LogP contribution in [0, 0.1) is 29.6 Å². The summed E-state index contributed by atoms with van der Waals surface area (Å²) in [6.45, 7) is 11.5. The first-order valence-corrected chi connectivity index (χ1v) is 28.8. The third-order valence-corrected chi connectivity index (χ3v) is 17.5. The number of aliphatic hydroxyl groups excluding tert-OH is 1.